The zero-order chi connectivity index (χ0) is 21.2. The number of aryl methyl sites for hydroxylation is 1. The summed E-state index contributed by atoms with van der Waals surface area (Å²) in [7, 11) is 1.43. The van der Waals surface area contributed by atoms with Gasteiger partial charge < -0.3 is 5.32 Å². The van der Waals surface area contributed by atoms with Crippen molar-refractivity contribution in [1.82, 2.24) is 9.78 Å². The third kappa shape index (κ3) is 3.13. The van der Waals surface area contributed by atoms with Gasteiger partial charge in [0.05, 0.1) is 11.1 Å². The van der Waals surface area contributed by atoms with Crippen LogP contribution in [0.4, 0.5) is 32.2 Å². The summed E-state index contributed by atoms with van der Waals surface area (Å²) in [6.45, 7) is 0. The number of halogens is 6. The molecule has 0 aliphatic heterocycles. The van der Waals surface area contributed by atoms with Gasteiger partial charge in [0.25, 0.3) is 0 Å². The number of amides is 1. The van der Waals surface area contributed by atoms with Crippen LogP contribution in [0.15, 0.2) is 0 Å². The summed E-state index contributed by atoms with van der Waals surface area (Å²) >= 11 is 0. The lowest BCUT2D eigenvalue weighted by Gasteiger charge is -2.43. The van der Waals surface area contributed by atoms with E-state index in [1.807, 2.05) is 0 Å². The molecule has 0 unspecified atom stereocenters. The van der Waals surface area contributed by atoms with Gasteiger partial charge in [0.2, 0.25) is 5.91 Å². The average molecular weight is 423 g/mol. The number of carbonyl (C=O) groups excluding carboxylic acids is 1. The zero-order valence-electron chi connectivity index (χ0n) is 16.0. The predicted molar refractivity (Wildman–Crippen MR) is 92.4 cm³/mol. The van der Waals surface area contributed by atoms with Crippen molar-refractivity contribution >= 4 is 11.7 Å². The number of hydrogen-bond donors (Lipinski definition) is 1. The molecule has 0 bridgehead atoms. The highest BCUT2D eigenvalue weighted by molar-refractivity contribution is 5.91. The predicted octanol–water partition coefficient (Wildman–Crippen LogP) is 5.34. The van der Waals surface area contributed by atoms with E-state index in [0.717, 1.165) is 6.42 Å². The summed E-state index contributed by atoms with van der Waals surface area (Å²) in [5.41, 5.74) is -3.73. The van der Waals surface area contributed by atoms with Gasteiger partial charge in [-0.1, -0.05) is 12.8 Å². The highest BCUT2D eigenvalue weighted by Crippen LogP contribution is 2.60. The molecule has 4 nitrogen and oxygen atoms in total. The quantitative estimate of drug-likeness (QED) is 0.650. The maximum Gasteiger partial charge on any atom is 0.400 e. The summed E-state index contributed by atoms with van der Waals surface area (Å²) in [4.78, 5) is 12.4. The van der Waals surface area contributed by atoms with Crippen LogP contribution in [0.25, 0.3) is 0 Å². The summed E-state index contributed by atoms with van der Waals surface area (Å²) in [5.74, 6) is -0.876. The summed E-state index contributed by atoms with van der Waals surface area (Å²) < 4.78 is 82.4. The first kappa shape index (κ1) is 20.5. The number of nitrogens with one attached hydrogen (secondary N) is 1. The molecule has 10 heteroatoms. The summed E-state index contributed by atoms with van der Waals surface area (Å²) in [5, 5.41) is 6.63. The summed E-state index contributed by atoms with van der Waals surface area (Å²) in [6.07, 6.45) is -7.30. The number of aromatic nitrogens is 2. The van der Waals surface area contributed by atoms with Crippen molar-refractivity contribution in [3.05, 3.63) is 11.3 Å². The smallest absolute Gasteiger partial charge is 0.311 e. The molecule has 0 spiro atoms. The van der Waals surface area contributed by atoms with E-state index in [1.165, 1.54) is 11.7 Å². The monoisotopic (exact) mass is 423 g/mol. The third-order valence-electron chi connectivity index (χ3n) is 7.01. The van der Waals surface area contributed by atoms with E-state index in [1.54, 1.807) is 0 Å². The van der Waals surface area contributed by atoms with E-state index in [2.05, 4.69) is 10.4 Å². The molecule has 1 aromatic heterocycles. The normalized spacial score (nSPS) is 23.3. The van der Waals surface area contributed by atoms with Crippen LogP contribution < -0.4 is 5.32 Å². The molecule has 3 saturated carbocycles. The van der Waals surface area contributed by atoms with E-state index in [0.29, 0.717) is 24.8 Å². The Morgan fingerprint density at radius 3 is 2.07 bits per heavy atom. The Bertz CT molecular complexity index is 813. The Hall–Kier alpha value is -1.74. The molecule has 162 valence electrons. The molecule has 0 aromatic carbocycles. The second-order valence-corrected chi connectivity index (χ2v) is 8.80. The molecule has 1 aromatic rings. The van der Waals surface area contributed by atoms with Gasteiger partial charge in [-0.05, 0) is 44.4 Å². The van der Waals surface area contributed by atoms with Gasteiger partial charge >= 0.3 is 12.4 Å². The number of carbonyl (C=O) groups is 1. The van der Waals surface area contributed by atoms with E-state index in [-0.39, 0.29) is 43.1 Å². The minimum absolute atomic E-state index is 0.0577. The van der Waals surface area contributed by atoms with Gasteiger partial charge in [0, 0.05) is 19.0 Å². The van der Waals surface area contributed by atoms with Gasteiger partial charge in [-0.25, -0.2) is 0 Å². The van der Waals surface area contributed by atoms with Crippen molar-refractivity contribution in [1.29, 1.82) is 0 Å². The van der Waals surface area contributed by atoms with Gasteiger partial charge in [-0.15, -0.1) is 0 Å². The van der Waals surface area contributed by atoms with Gasteiger partial charge in [-0.2, -0.15) is 31.4 Å². The zero-order valence-corrected chi connectivity index (χ0v) is 16.0. The van der Waals surface area contributed by atoms with Crippen LogP contribution in [0.2, 0.25) is 0 Å². The largest absolute Gasteiger partial charge is 0.400 e. The average Bonchev–Trinajstić information content (AvgIpc) is 3.19. The minimum Gasteiger partial charge on any atom is -0.311 e. The summed E-state index contributed by atoms with van der Waals surface area (Å²) in [6, 6.07) is 0. The van der Waals surface area contributed by atoms with Crippen molar-refractivity contribution in [2.24, 2.45) is 12.5 Å². The van der Waals surface area contributed by atoms with Crippen LogP contribution in [-0.2, 0) is 17.3 Å². The lowest BCUT2D eigenvalue weighted by Crippen LogP contribution is -2.49. The molecular formula is C19H23F6N3O. The number of nitrogens with zero attached hydrogens (tertiary/aromatic N) is 2. The van der Waals surface area contributed by atoms with Crippen LogP contribution >= 0.6 is 0 Å². The fraction of sp³-hybridized carbons (Fsp3) is 0.789. The van der Waals surface area contributed by atoms with Crippen LogP contribution in [0.3, 0.4) is 0 Å². The Morgan fingerprint density at radius 2 is 1.69 bits per heavy atom. The van der Waals surface area contributed by atoms with Gasteiger partial charge in [0.1, 0.15) is 11.2 Å². The fourth-order valence-corrected chi connectivity index (χ4v) is 4.51. The van der Waals surface area contributed by atoms with Crippen LogP contribution in [0.5, 0.6) is 0 Å². The van der Waals surface area contributed by atoms with Crippen LogP contribution in [0, 0.1) is 5.41 Å². The van der Waals surface area contributed by atoms with Crippen LogP contribution in [-0.4, -0.2) is 28.0 Å². The van der Waals surface area contributed by atoms with Crippen molar-refractivity contribution in [3.8, 4) is 0 Å². The second kappa shape index (κ2) is 6.38. The molecule has 0 atom stereocenters. The molecule has 0 radical (unpaired) electrons. The lowest BCUT2D eigenvalue weighted by atomic mass is 9.63. The SMILES string of the molecule is Cn1nc(C2(C(F)(F)F)CCC2)c(C2CCC2)c1NC(=O)CC1(C(F)(F)F)CC1. The molecule has 3 aliphatic rings. The first-order valence-corrected chi connectivity index (χ1v) is 9.91. The lowest BCUT2D eigenvalue weighted by molar-refractivity contribution is -0.214. The minimum atomic E-state index is -4.47. The number of anilines is 1. The molecule has 1 N–H and O–H groups in total. The fourth-order valence-electron chi connectivity index (χ4n) is 4.51. The molecule has 3 fully saturated rings. The maximum atomic E-state index is 13.9. The molecule has 1 amide bonds. The Morgan fingerprint density at radius 1 is 1.07 bits per heavy atom. The van der Waals surface area contributed by atoms with Crippen molar-refractivity contribution in [2.75, 3.05) is 5.32 Å². The number of rotatable bonds is 5. The molecule has 0 saturated heterocycles. The first-order chi connectivity index (χ1) is 13.4. The number of hydrogen-bond acceptors (Lipinski definition) is 2. The molecular weight excluding hydrogens is 400 g/mol. The van der Waals surface area contributed by atoms with Crippen molar-refractivity contribution in [3.63, 3.8) is 0 Å². The van der Waals surface area contributed by atoms with Crippen LogP contribution in [0.1, 0.15) is 75.0 Å². The second-order valence-electron chi connectivity index (χ2n) is 8.80. The molecule has 4 rings (SSSR count). The van der Waals surface area contributed by atoms with E-state index in [4.69, 9.17) is 0 Å². The van der Waals surface area contributed by atoms with Crippen molar-refractivity contribution in [2.45, 2.75) is 81.5 Å². The first-order valence-electron chi connectivity index (χ1n) is 9.91. The highest BCUT2D eigenvalue weighted by atomic mass is 19.4. The molecule has 1 heterocycles. The standard InChI is InChI=1S/C19H23F6N3O/c1-28-15(26-12(29)10-16(8-9-16)18(20,21)22)13(11-4-2-5-11)14(27-28)17(6-3-7-17)19(23,24)25/h11H,2-10H2,1H3,(H,26,29). The third-order valence-corrected chi connectivity index (χ3v) is 7.01. The number of alkyl halides is 6. The van der Waals surface area contributed by atoms with Gasteiger partial charge in [-0.3, -0.25) is 9.48 Å². The Balaban J connectivity index is 1.66. The maximum absolute atomic E-state index is 13.9. The Labute approximate surface area is 164 Å². The van der Waals surface area contributed by atoms with Gasteiger partial charge in [0.15, 0.2) is 0 Å². The van der Waals surface area contributed by atoms with Crippen molar-refractivity contribution < 1.29 is 31.1 Å². The molecule has 3 aliphatic carbocycles. The van der Waals surface area contributed by atoms with E-state index >= 15 is 0 Å². The topological polar surface area (TPSA) is 46.9 Å². The Kier molecular flexibility index (Phi) is 4.51. The van der Waals surface area contributed by atoms with E-state index in [9.17, 15) is 31.1 Å². The van der Waals surface area contributed by atoms with E-state index < -0.39 is 35.5 Å². The highest BCUT2D eigenvalue weighted by Gasteiger charge is 2.64. The molecule has 29 heavy (non-hydrogen) atoms.